The van der Waals surface area contributed by atoms with Gasteiger partial charge in [-0.15, -0.1) is 10.2 Å². The average molecular weight is 162 g/mol. The third-order valence-electron chi connectivity index (χ3n) is 0.867. The Morgan fingerprint density at radius 2 is 2.30 bits per heavy atom. The van der Waals surface area contributed by atoms with E-state index in [2.05, 4.69) is 10.2 Å². The van der Waals surface area contributed by atoms with E-state index in [0.717, 1.165) is 12.5 Å². The van der Waals surface area contributed by atoms with Crippen LogP contribution in [-0.2, 0) is 9.84 Å². The average Bonchev–Trinajstić information content (AvgIpc) is 2.11. The molecule has 2 N–H and O–H groups in total. The van der Waals surface area contributed by atoms with Gasteiger partial charge < -0.3 is 5.84 Å². The zero-order chi connectivity index (χ0) is 7.78. The van der Waals surface area contributed by atoms with Gasteiger partial charge in [-0.1, -0.05) is 4.91 Å². The largest absolute Gasteiger partial charge is 0.306 e. The Morgan fingerprint density at radius 3 is 2.50 bits per heavy atom. The van der Waals surface area contributed by atoms with E-state index in [1.807, 2.05) is 0 Å². The van der Waals surface area contributed by atoms with Gasteiger partial charge in [-0.25, -0.2) is 8.42 Å². The van der Waals surface area contributed by atoms with Crippen molar-refractivity contribution < 1.29 is 8.42 Å². The van der Waals surface area contributed by atoms with Crippen LogP contribution in [0.4, 0.5) is 0 Å². The first kappa shape index (κ1) is 7.00. The van der Waals surface area contributed by atoms with E-state index in [0.29, 0.717) is 4.91 Å². The van der Waals surface area contributed by atoms with Crippen LogP contribution in [0.25, 0.3) is 0 Å². The molecule has 0 aliphatic heterocycles. The number of nitrogens with zero attached hydrogens (tertiary/aromatic N) is 3. The van der Waals surface area contributed by atoms with Crippen molar-refractivity contribution in [2.24, 2.45) is 0 Å². The highest BCUT2D eigenvalue weighted by Crippen LogP contribution is 1.98. The van der Waals surface area contributed by atoms with Gasteiger partial charge in [0.15, 0.2) is 14.9 Å². The molecule has 1 heterocycles. The molecule has 0 aromatic carbocycles. The summed E-state index contributed by atoms with van der Waals surface area (Å²) in [5.74, 6) is 5.01. The first-order valence-corrected chi connectivity index (χ1v) is 4.27. The first-order chi connectivity index (χ1) is 4.50. The van der Waals surface area contributed by atoms with Crippen LogP contribution in [0.3, 0.4) is 0 Å². The number of nitrogen functional groups attached to an aromatic ring is 1. The Morgan fingerprint density at radius 1 is 1.70 bits per heavy atom. The third kappa shape index (κ3) is 1.24. The summed E-state index contributed by atoms with van der Waals surface area (Å²) in [4.78, 5) is 0.705. The van der Waals surface area contributed by atoms with Crippen molar-refractivity contribution in [3.63, 3.8) is 0 Å². The van der Waals surface area contributed by atoms with E-state index in [1.165, 1.54) is 0 Å². The zero-order valence-electron chi connectivity index (χ0n) is 5.22. The Kier molecular flexibility index (Phi) is 1.36. The van der Waals surface area contributed by atoms with Gasteiger partial charge in [0.05, 0.1) is 6.20 Å². The molecule has 0 unspecified atom stereocenters. The molecule has 1 aromatic heterocycles. The summed E-state index contributed by atoms with van der Waals surface area (Å²) in [6.07, 6.45) is 2.13. The first-order valence-electron chi connectivity index (χ1n) is 2.37. The normalized spacial score (nSPS) is 11.7. The van der Waals surface area contributed by atoms with E-state index < -0.39 is 9.84 Å². The molecule has 56 valence electrons. The molecule has 0 aliphatic carbocycles. The third-order valence-corrected chi connectivity index (χ3v) is 1.81. The number of nitrogens with two attached hydrogens (primary N) is 1. The molecular weight excluding hydrogens is 156 g/mol. The SMILES string of the molecule is CS(=O)(=O)c1cnn(N)n1. The van der Waals surface area contributed by atoms with E-state index in [4.69, 9.17) is 5.84 Å². The molecule has 0 radical (unpaired) electrons. The van der Waals surface area contributed by atoms with E-state index in [9.17, 15) is 8.42 Å². The summed E-state index contributed by atoms with van der Waals surface area (Å²) in [5.41, 5.74) is 0. The molecule has 7 heteroatoms. The fraction of sp³-hybridized carbons (Fsp3) is 0.333. The number of hydrogen-bond acceptors (Lipinski definition) is 5. The van der Waals surface area contributed by atoms with E-state index >= 15 is 0 Å². The molecule has 0 saturated heterocycles. The highest BCUT2D eigenvalue weighted by atomic mass is 32.2. The van der Waals surface area contributed by atoms with Gasteiger partial charge in [-0.3, -0.25) is 0 Å². The van der Waals surface area contributed by atoms with Gasteiger partial charge in [0.2, 0.25) is 0 Å². The predicted octanol–water partition coefficient (Wildman–Crippen LogP) is -1.60. The quantitative estimate of drug-likeness (QED) is 0.502. The second-order valence-corrected chi connectivity index (χ2v) is 3.74. The van der Waals surface area contributed by atoms with Crippen molar-refractivity contribution in [2.45, 2.75) is 5.03 Å². The molecule has 0 saturated carbocycles. The van der Waals surface area contributed by atoms with Crippen molar-refractivity contribution in [1.29, 1.82) is 0 Å². The second-order valence-electron chi connectivity index (χ2n) is 1.78. The van der Waals surface area contributed by atoms with E-state index in [1.54, 1.807) is 0 Å². The number of hydrogen-bond donors (Lipinski definition) is 1. The lowest BCUT2D eigenvalue weighted by molar-refractivity contribution is 0.593. The van der Waals surface area contributed by atoms with Crippen molar-refractivity contribution in [3.05, 3.63) is 6.20 Å². The fourth-order valence-electron chi connectivity index (χ4n) is 0.431. The summed E-state index contributed by atoms with van der Waals surface area (Å²) in [6.45, 7) is 0. The molecule has 0 aliphatic rings. The standard InChI is InChI=1S/C3H6N4O2S/c1-10(8,9)3-2-5-7(4)6-3/h2H,4H2,1H3. The van der Waals surface area contributed by atoms with E-state index in [-0.39, 0.29) is 5.03 Å². The molecule has 0 bridgehead atoms. The summed E-state index contributed by atoms with van der Waals surface area (Å²) >= 11 is 0. The summed E-state index contributed by atoms with van der Waals surface area (Å²) < 4.78 is 21.3. The molecule has 10 heavy (non-hydrogen) atoms. The Bertz CT molecular complexity index is 326. The van der Waals surface area contributed by atoms with Crippen LogP contribution >= 0.6 is 0 Å². The van der Waals surface area contributed by atoms with Gasteiger partial charge >= 0.3 is 0 Å². The van der Waals surface area contributed by atoms with Crippen molar-refractivity contribution >= 4 is 9.84 Å². The van der Waals surface area contributed by atoms with Crippen LogP contribution in [0.5, 0.6) is 0 Å². The van der Waals surface area contributed by atoms with Crippen molar-refractivity contribution in [1.82, 2.24) is 15.1 Å². The van der Waals surface area contributed by atoms with Crippen LogP contribution < -0.4 is 5.84 Å². The van der Waals surface area contributed by atoms with Crippen molar-refractivity contribution in [3.8, 4) is 0 Å². The highest BCUT2D eigenvalue weighted by Gasteiger charge is 2.10. The molecule has 0 fully saturated rings. The van der Waals surface area contributed by atoms with Crippen LogP contribution in [0.2, 0.25) is 0 Å². The molecule has 0 spiro atoms. The second kappa shape index (κ2) is 1.94. The highest BCUT2D eigenvalue weighted by molar-refractivity contribution is 7.90. The van der Waals surface area contributed by atoms with Gasteiger partial charge in [-0.05, 0) is 0 Å². The Hall–Kier alpha value is -1.11. The molecule has 1 aromatic rings. The molecule has 6 nitrogen and oxygen atoms in total. The minimum absolute atomic E-state index is 0.116. The Labute approximate surface area is 57.5 Å². The monoisotopic (exact) mass is 162 g/mol. The smallest absolute Gasteiger partial charge is 0.199 e. The van der Waals surface area contributed by atoms with Crippen LogP contribution in [0, 0.1) is 0 Å². The maximum absolute atomic E-state index is 10.7. The lowest BCUT2D eigenvalue weighted by atomic mass is 11.0. The lowest BCUT2D eigenvalue weighted by Gasteiger charge is -1.85. The van der Waals surface area contributed by atoms with Gasteiger partial charge in [0.25, 0.3) is 0 Å². The van der Waals surface area contributed by atoms with Crippen molar-refractivity contribution in [2.75, 3.05) is 12.1 Å². The maximum Gasteiger partial charge on any atom is 0.199 e. The predicted molar refractivity (Wildman–Crippen MR) is 33.3 cm³/mol. The Balaban J connectivity index is 3.21. The fourth-order valence-corrected chi connectivity index (χ4v) is 0.902. The molecule has 1 rings (SSSR count). The van der Waals surface area contributed by atoms with Gasteiger partial charge in [0.1, 0.15) is 0 Å². The van der Waals surface area contributed by atoms with Crippen LogP contribution in [-0.4, -0.2) is 29.8 Å². The zero-order valence-corrected chi connectivity index (χ0v) is 6.04. The summed E-state index contributed by atoms with van der Waals surface area (Å²) in [6, 6.07) is 0. The number of sulfone groups is 1. The summed E-state index contributed by atoms with van der Waals surface area (Å²) in [5, 5.41) is 6.65. The molecule has 0 amide bonds. The van der Waals surface area contributed by atoms with Gasteiger partial charge in [-0.2, -0.15) is 0 Å². The van der Waals surface area contributed by atoms with Gasteiger partial charge in [0, 0.05) is 6.26 Å². The minimum Gasteiger partial charge on any atom is -0.306 e. The molecule has 0 atom stereocenters. The number of rotatable bonds is 1. The summed E-state index contributed by atoms with van der Waals surface area (Å²) in [7, 11) is -3.26. The lowest BCUT2D eigenvalue weighted by Crippen LogP contribution is -2.12. The molecular formula is C3H6N4O2S. The van der Waals surface area contributed by atoms with Crippen LogP contribution in [0.1, 0.15) is 0 Å². The topological polar surface area (TPSA) is 90.9 Å². The maximum atomic E-state index is 10.7. The van der Waals surface area contributed by atoms with Crippen LogP contribution in [0.15, 0.2) is 11.2 Å². The minimum atomic E-state index is -3.26. The number of aromatic nitrogens is 3.